The van der Waals surface area contributed by atoms with Crippen molar-refractivity contribution in [2.24, 2.45) is 11.3 Å². The number of methoxy groups -OCH3 is 1. The van der Waals surface area contributed by atoms with Crippen LogP contribution in [0.3, 0.4) is 0 Å². The fourth-order valence-corrected chi connectivity index (χ4v) is 10.0. The molecule has 15 heteroatoms. The number of fused-ring (bicyclic) bond motifs is 1. The van der Waals surface area contributed by atoms with Gasteiger partial charge in [-0.3, -0.25) is 9.59 Å². The molecule has 0 bridgehead atoms. The zero-order valence-corrected chi connectivity index (χ0v) is 36.2. The summed E-state index contributed by atoms with van der Waals surface area (Å²) in [6.07, 6.45) is 3.32. The fourth-order valence-electron chi connectivity index (χ4n) is 8.24. The summed E-state index contributed by atoms with van der Waals surface area (Å²) in [5.74, 6) is -0.432. The van der Waals surface area contributed by atoms with Crippen LogP contribution in [0.2, 0.25) is 0 Å². The number of amides is 3. The van der Waals surface area contributed by atoms with Crippen LogP contribution < -0.4 is 29.4 Å². The molecule has 324 valence electrons. The Morgan fingerprint density at radius 1 is 1.00 bits per heavy atom. The van der Waals surface area contributed by atoms with Crippen LogP contribution in [0.5, 0.6) is 23.0 Å². The highest BCUT2D eigenvalue weighted by molar-refractivity contribution is 7.55. The highest BCUT2D eigenvalue weighted by Gasteiger charge is 2.68. The van der Waals surface area contributed by atoms with Crippen molar-refractivity contribution in [2.75, 3.05) is 20.3 Å². The van der Waals surface area contributed by atoms with E-state index in [2.05, 4.69) is 17.2 Å². The Hall–Kier alpha value is -5.59. The Kier molecular flexibility index (Phi) is 12.7. The SMILES string of the molecule is C=C[C@@H]1C[C@]1(NC(=O)[C@@H]1C[C@@H](Oc2cc(-c3ccccc3)nc3cc(OC)ccc23)CN1C(=O)[C@@H](NC(=O)OC1CCCC1)C(C)(C)C)P(=O)(O)Oc1ccccc1OCC. The summed E-state index contributed by atoms with van der Waals surface area (Å²) in [4.78, 5) is 60.9. The first kappa shape index (κ1) is 43.5. The third kappa shape index (κ3) is 9.35. The van der Waals surface area contributed by atoms with Gasteiger partial charge in [0.1, 0.15) is 35.8 Å². The normalized spacial score (nSPS) is 22.7. The summed E-state index contributed by atoms with van der Waals surface area (Å²) in [5.41, 5.74) is 1.30. The molecule has 1 saturated heterocycles. The molecule has 14 nitrogen and oxygen atoms in total. The quantitative estimate of drug-likeness (QED) is 0.0780. The third-order valence-electron chi connectivity index (χ3n) is 11.6. The van der Waals surface area contributed by atoms with E-state index in [0.29, 0.717) is 34.7 Å². The first-order valence-electron chi connectivity index (χ1n) is 20.8. The summed E-state index contributed by atoms with van der Waals surface area (Å²) in [6.45, 7) is 11.3. The average Bonchev–Trinajstić information content (AvgIpc) is 3.49. The van der Waals surface area contributed by atoms with Crippen LogP contribution in [0, 0.1) is 11.3 Å². The van der Waals surface area contributed by atoms with Crippen molar-refractivity contribution in [3.8, 4) is 34.3 Å². The Labute approximate surface area is 356 Å². The molecule has 3 fully saturated rings. The number of nitrogens with zero attached hydrogens (tertiary/aromatic N) is 2. The molecular weight excluding hydrogens is 799 g/mol. The number of carbonyl (C=O) groups excluding carboxylic acids is 3. The molecule has 4 aromatic rings. The maximum atomic E-state index is 14.9. The van der Waals surface area contributed by atoms with Gasteiger partial charge in [0.15, 0.2) is 16.8 Å². The number of hydrogen-bond acceptors (Lipinski definition) is 10. The summed E-state index contributed by atoms with van der Waals surface area (Å²) < 4.78 is 43.8. The van der Waals surface area contributed by atoms with Gasteiger partial charge in [-0.25, -0.2) is 14.3 Å². The maximum Gasteiger partial charge on any atom is 0.408 e. The van der Waals surface area contributed by atoms with Crippen LogP contribution in [0.4, 0.5) is 4.79 Å². The number of ether oxygens (including phenoxy) is 4. The number of para-hydroxylation sites is 2. The molecule has 1 aliphatic heterocycles. The topological polar surface area (TPSA) is 175 Å². The van der Waals surface area contributed by atoms with Gasteiger partial charge in [0.05, 0.1) is 31.5 Å². The molecule has 7 rings (SSSR count). The van der Waals surface area contributed by atoms with Crippen molar-refractivity contribution in [1.29, 1.82) is 0 Å². The average molecular weight is 855 g/mol. The van der Waals surface area contributed by atoms with Gasteiger partial charge < -0.3 is 43.9 Å². The van der Waals surface area contributed by atoms with Crippen LogP contribution in [0.15, 0.2) is 91.5 Å². The van der Waals surface area contributed by atoms with Gasteiger partial charge in [0.2, 0.25) is 11.8 Å². The van der Waals surface area contributed by atoms with Gasteiger partial charge in [-0.1, -0.05) is 69.3 Å². The Bertz CT molecular complexity index is 2310. The number of rotatable bonds is 15. The lowest BCUT2D eigenvalue weighted by atomic mass is 9.85. The molecule has 0 radical (unpaired) electrons. The minimum absolute atomic E-state index is 0.0141. The highest BCUT2D eigenvalue weighted by atomic mass is 31.2. The van der Waals surface area contributed by atoms with Crippen molar-refractivity contribution in [3.63, 3.8) is 0 Å². The predicted molar refractivity (Wildman–Crippen MR) is 231 cm³/mol. The molecule has 61 heavy (non-hydrogen) atoms. The van der Waals surface area contributed by atoms with Gasteiger partial charge in [0.25, 0.3) is 0 Å². The van der Waals surface area contributed by atoms with E-state index in [1.165, 1.54) is 17.0 Å². The second kappa shape index (κ2) is 17.8. The summed E-state index contributed by atoms with van der Waals surface area (Å²) in [6, 6.07) is 21.1. The zero-order valence-electron chi connectivity index (χ0n) is 35.3. The molecule has 3 N–H and O–H groups in total. The van der Waals surface area contributed by atoms with Crippen LogP contribution >= 0.6 is 7.60 Å². The maximum absolute atomic E-state index is 14.9. The van der Waals surface area contributed by atoms with Gasteiger partial charge in [-0.2, -0.15) is 0 Å². The summed E-state index contributed by atoms with van der Waals surface area (Å²) in [5, 5.41) is 4.62. The second-order valence-corrected chi connectivity index (χ2v) is 19.0. The minimum Gasteiger partial charge on any atom is -0.497 e. The Balaban J connectivity index is 1.22. The van der Waals surface area contributed by atoms with Gasteiger partial charge in [-0.05, 0) is 68.7 Å². The summed E-state index contributed by atoms with van der Waals surface area (Å²) in [7, 11) is -3.12. The van der Waals surface area contributed by atoms with E-state index in [1.807, 2.05) is 69.3 Å². The molecule has 3 aromatic carbocycles. The largest absolute Gasteiger partial charge is 0.497 e. The Morgan fingerprint density at radius 3 is 2.36 bits per heavy atom. The van der Waals surface area contributed by atoms with E-state index in [-0.39, 0.29) is 37.0 Å². The first-order chi connectivity index (χ1) is 29.2. The van der Waals surface area contributed by atoms with Gasteiger partial charge in [-0.15, -0.1) is 6.58 Å². The lowest BCUT2D eigenvalue weighted by Crippen LogP contribution is -2.58. The number of carbonyl (C=O) groups is 3. The fraction of sp³-hybridized carbons (Fsp3) is 0.435. The van der Waals surface area contributed by atoms with E-state index >= 15 is 0 Å². The molecule has 1 aromatic heterocycles. The molecule has 1 unspecified atom stereocenters. The first-order valence-corrected chi connectivity index (χ1v) is 22.4. The van der Waals surface area contributed by atoms with Crippen LogP contribution in [0.25, 0.3) is 22.2 Å². The van der Waals surface area contributed by atoms with Crippen LogP contribution in [0.1, 0.15) is 66.2 Å². The third-order valence-corrected chi connectivity index (χ3v) is 13.7. The van der Waals surface area contributed by atoms with E-state index in [9.17, 15) is 23.8 Å². The van der Waals surface area contributed by atoms with E-state index in [1.54, 1.807) is 38.3 Å². The highest BCUT2D eigenvalue weighted by Crippen LogP contribution is 2.70. The molecule has 0 spiro atoms. The van der Waals surface area contributed by atoms with E-state index in [0.717, 1.165) is 31.2 Å². The Morgan fingerprint density at radius 2 is 1.70 bits per heavy atom. The summed E-state index contributed by atoms with van der Waals surface area (Å²) >= 11 is 0. The number of alkyl carbamates (subject to hydrolysis) is 1. The number of aromatic nitrogens is 1. The van der Waals surface area contributed by atoms with E-state index < -0.39 is 60.3 Å². The molecule has 3 aliphatic rings. The van der Waals surface area contributed by atoms with Gasteiger partial charge >= 0.3 is 13.7 Å². The molecule has 2 heterocycles. The smallest absolute Gasteiger partial charge is 0.408 e. The minimum atomic E-state index is -4.69. The van der Waals surface area contributed by atoms with Crippen molar-refractivity contribution in [1.82, 2.24) is 20.5 Å². The lowest BCUT2D eigenvalue weighted by Gasteiger charge is -2.35. The number of nitrogens with one attached hydrogen (secondary N) is 2. The van der Waals surface area contributed by atoms with Crippen molar-refractivity contribution < 1.29 is 47.3 Å². The number of benzene rings is 3. The van der Waals surface area contributed by atoms with Crippen LogP contribution in [-0.2, 0) is 18.9 Å². The number of pyridine rings is 1. The van der Waals surface area contributed by atoms with Crippen molar-refractivity contribution in [3.05, 3.63) is 91.5 Å². The molecule has 2 saturated carbocycles. The van der Waals surface area contributed by atoms with Crippen molar-refractivity contribution in [2.45, 2.75) is 95.8 Å². The number of hydrogen-bond donors (Lipinski definition) is 3. The van der Waals surface area contributed by atoms with Crippen LogP contribution in [-0.4, -0.2) is 82.5 Å². The van der Waals surface area contributed by atoms with Gasteiger partial charge in [0, 0.05) is 35.4 Å². The molecule has 2 aliphatic carbocycles. The lowest BCUT2D eigenvalue weighted by molar-refractivity contribution is -0.142. The molecule has 6 atom stereocenters. The monoisotopic (exact) mass is 854 g/mol. The molecule has 3 amide bonds. The van der Waals surface area contributed by atoms with Crippen molar-refractivity contribution >= 4 is 36.4 Å². The predicted octanol–water partition coefficient (Wildman–Crippen LogP) is 8.02. The molecular formula is C46H55N4O10P. The number of likely N-dealkylation sites (tertiary alicyclic amines) is 1. The zero-order chi connectivity index (χ0) is 43.5. The van der Waals surface area contributed by atoms with E-state index in [4.69, 9.17) is 28.5 Å². The second-order valence-electron chi connectivity index (χ2n) is 16.9. The standard InChI is InChI=1S/C46H55N4O10P/c1-7-30-27-46(30,61(54,55)60-39-21-15-14-20-38(39)57-8-2)49-42(51)37-25-33(28-50(37)43(52)41(45(3,4)5)48-44(53)59-31-18-12-13-19-31)58-40-26-35(29-16-10-9-11-17-29)47-36-24-32(56-6)22-23-34(36)40/h7,9-11,14-17,20-24,26,30-31,33,37,41H,1,8,12-13,18-19,25,27-28H2,2-6H3,(H,48,53)(H,49,51)(H,54,55)/t30-,33-,37+,41-,46+/m1/s1.